The molecule has 0 aromatic heterocycles. The van der Waals surface area contributed by atoms with Crippen LogP contribution in [0.5, 0.6) is 0 Å². The van der Waals surface area contributed by atoms with Gasteiger partial charge in [0.15, 0.2) is 0 Å². The Bertz CT molecular complexity index is 110. The van der Waals surface area contributed by atoms with Crippen molar-refractivity contribution in [3.8, 4) is 0 Å². The molecule has 0 spiro atoms. The van der Waals surface area contributed by atoms with Crippen molar-refractivity contribution >= 4 is 17.8 Å². The van der Waals surface area contributed by atoms with Crippen molar-refractivity contribution in [1.29, 1.82) is 0 Å². The highest BCUT2D eigenvalue weighted by Gasteiger charge is 2.20. The van der Waals surface area contributed by atoms with Gasteiger partial charge in [0.05, 0.1) is 5.92 Å². The lowest BCUT2D eigenvalue weighted by Gasteiger charge is -2.15. The van der Waals surface area contributed by atoms with E-state index < -0.39 is 6.04 Å². The molecular weight excluding hydrogens is 139 g/mol. The second-order valence-electron chi connectivity index (χ2n) is 2.22. The quantitative estimate of drug-likeness (QED) is 0.526. The molecule has 0 aromatic carbocycles. The van der Waals surface area contributed by atoms with Gasteiger partial charge >= 0.3 is 6.04 Å². The van der Waals surface area contributed by atoms with Crippen molar-refractivity contribution in [2.75, 3.05) is 11.5 Å². The fourth-order valence-electron chi connectivity index (χ4n) is 0.920. The largest absolute Gasteiger partial charge is 0.305 e. The SMILES string of the molecule is O=C(F)C1CCCSC1. The average molecular weight is 148 g/mol. The van der Waals surface area contributed by atoms with Gasteiger partial charge in [0, 0.05) is 5.75 Å². The summed E-state index contributed by atoms with van der Waals surface area (Å²) in [6, 6.07) is -1.12. The Kier molecular flexibility index (Phi) is 2.51. The van der Waals surface area contributed by atoms with E-state index in [4.69, 9.17) is 0 Å². The topological polar surface area (TPSA) is 17.1 Å². The van der Waals surface area contributed by atoms with Crippen LogP contribution in [0, 0.1) is 5.92 Å². The molecule has 1 heterocycles. The maximum atomic E-state index is 11.9. The van der Waals surface area contributed by atoms with Crippen LogP contribution in [0.15, 0.2) is 0 Å². The number of hydrogen-bond donors (Lipinski definition) is 0. The van der Waals surface area contributed by atoms with E-state index in [-0.39, 0.29) is 5.92 Å². The molecule has 1 fully saturated rings. The minimum atomic E-state index is -1.12. The van der Waals surface area contributed by atoms with E-state index in [0.717, 1.165) is 18.6 Å². The third-order valence-corrected chi connectivity index (χ3v) is 2.70. The van der Waals surface area contributed by atoms with Crippen molar-refractivity contribution in [3.63, 3.8) is 0 Å². The van der Waals surface area contributed by atoms with Crippen LogP contribution in [0.4, 0.5) is 4.39 Å². The summed E-state index contributed by atoms with van der Waals surface area (Å²) in [6.07, 6.45) is 1.74. The molecule has 1 rings (SSSR count). The van der Waals surface area contributed by atoms with Gasteiger partial charge in [0.25, 0.3) is 0 Å². The Labute approximate surface area is 58.0 Å². The van der Waals surface area contributed by atoms with Crippen LogP contribution in [0.25, 0.3) is 0 Å². The van der Waals surface area contributed by atoms with Gasteiger partial charge in [-0.15, -0.1) is 0 Å². The first-order valence-electron chi connectivity index (χ1n) is 3.08. The first-order chi connectivity index (χ1) is 4.30. The lowest BCUT2D eigenvalue weighted by Crippen LogP contribution is -2.16. The third-order valence-electron chi connectivity index (χ3n) is 1.48. The Balaban J connectivity index is 2.31. The lowest BCUT2D eigenvalue weighted by atomic mass is 10.1. The predicted molar refractivity (Wildman–Crippen MR) is 36.2 cm³/mol. The molecule has 0 bridgehead atoms. The molecule has 0 saturated carbocycles. The standard InChI is InChI=1S/C6H9FOS/c7-6(8)5-2-1-3-9-4-5/h5H,1-4H2. The zero-order valence-corrected chi connectivity index (χ0v) is 5.92. The molecule has 52 valence electrons. The maximum absolute atomic E-state index is 11.9. The van der Waals surface area contributed by atoms with Gasteiger partial charge in [-0.1, -0.05) is 0 Å². The minimum absolute atomic E-state index is 0.288. The molecule has 1 saturated heterocycles. The van der Waals surface area contributed by atoms with Gasteiger partial charge in [-0.05, 0) is 18.6 Å². The number of thioether (sulfide) groups is 1. The van der Waals surface area contributed by atoms with Crippen molar-refractivity contribution in [2.45, 2.75) is 12.8 Å². The van der Waals surface area contributed by atoms with E-state index in [9.17, 15) is 9.18 Å². The Hall–Kier alpha value is -0.0500. The van der Waals surface area contributed by atoms with E-state index >= 15 is 0 Å². The molecule has 1 aliphatic heterocycles. The number of halogens is 1. The Morgan fingerprint density at radius 3 is 2.78 bits per heavy atom. The molecule has 9 heavy (non-hydrogen) atoms. The fraction of sp³-hybridized carbons (Fsp3) is 0.833. The fourth-order valence-corrected chi connectivity index (χ4v) is 2.04. The lowest BCUT2D eigenvalue weighted by molar-refractivity contribution is -0.133. The van der Waals surface area contributed by atoms with E-state index in [2.05, 4.69) is 0 Å². The number of rotatable bonds is 1. The molecule has 1 atom stereocenters. The van der Waals surface area contributed by atoms with Crippen LogP contribution >= 0.6 is 11.8 Å². The number of hydrogen-bond acceptors (Lipinski definition) is 2. The molecule has 0 radical (unpaired) electrons. The number of carbonyl (C=O) groups excluding carboxylic acids is 1. The van der Waals surface area contributed by atoms with Crippen LogP contribution in [0.1, 0.15) is 12.8 Å². The molecule has 0 aliphatic carbocycles. The highest BCUT2D eigenvalue weighted by atomic mass is 32.2. The molecular formula is C6H9FOS. The monoisotopic (exact) mass is 148 g/mol. The summed E-state index contributed by atoms with van der Waals surface area (Å²) < 4.78 is 11.9. The predicted octanol–water partition coefficient (Wildman–Crippen LogP) is 1.63. The first kappa shape index (κ1) is 7.06. The Morgan fingerprint density at radius 1 is 1.67 bits per heavy atom. The minimum Gasteiger partial charge on any atom is -0.261 e. The zero-order chi connectivity index (χ0) is 6.69. The number of carbonyl (C=O) groups is 1. The van der Waals surface area contributed by atoms with Gasteiger partial charge in [-0.3, -0.25) is 4.79 Å². The van der Waals surface area contributed by atoms with Gasteiger partial charge < -0.3 is 0 Å². The molecule has 0 amide bonds. The normalized spacial score (nSPS) is 27.9. The summed E-state index contributed by atoms with van der Waals surface area (Å²) in [5.74, 6) is 1.49. The zero-order valence-electron chi connectivity index (χ0n) is 5.10. The van der Waals surface area contributed by atoms with Crippen LogP contribution in [0.3, 0.4) is 0 Å². The smallest absolute Gasteiger partial charge is 0.261 e. The van der Waals surface area contributed by atoms with Gasteiger partial charge in [0.2, 0.25) is 0 Å². The summed E-state index contributed by atoms with van der Waals surface area (Å²) in [5, 5.41) is 0. The maximum Gasteiger partial charge on any atom is 0.305 e. The third kappa shape index (κ3) is 1.97. The highest BCUT2D eigenvalue weighted by Crippen LogP contribution is 2.23. The van der Waals surface area contributed by atoms with Crippen molar-refractivity contribution in [2.24, 2.45) is 5.92 Å². The van der Waals surface area contributed by atoms with Crippen molar-refractivity contribution in [3.05, 3.63) is 0 Å². The summed E-state index contributed by atoms with van der Waals surface area (Å²) in [4.78, 5) is 10.1. The van der Waals surface area contributed by atoms with Gasteiger partial charge in [-0.2, -0.15) is 16.2 Å². The average Bonchev–Trinajstić information content (AvgIpc) is 1.90. The second kappa shape index (κ2) is 3.20. The van der Waals surface area contributed by atoms with Crippen molar-refractivity contribution in [1.82, 2.24) is 0 Å². The van der Waals surface area contributed by atoms with Crippen LogP contribution in [-0.4, -0.2) is 17.5 Å². The van der Waals surface area contributed by atoms with Crippen LogP contribution in [0.2, 0.25) is 0 Å². The summed E-state index contributed by atoms with van der Waals surface area (Å²) >= 11 is 1.67. The van der Waals surface area contributed by atoms with Gasteiger partial charge in [0.1, 0.15) is 0 Å². The van der Waals surface area contributed by atoms with E-state index in [1.54, 1.807) is 11.8 Å². The molecule has 1 aliphatic rings. The Morgan fingerprint density at radius 2 is 2.44 bits per heavy atom. The summed E-state index contributed by atoms with van der Waals surface area (Å²) in [7, 11) is 0. The highest BCUT2D eigenvalue weighted by molar-refractivity contribution is 7.99. The van der Waals surface area contributed by atoms with Crippen LogP contribution < -0.4 is 0 Å². The molecule has 1 nitrogen and oxygen atoms in total. The summed E-state index contributed by atoms with van der Waals surface area (Å²) in [5.41, 5.74) is 0. The van der Waals surface area contributed by atoms with E-state index in [1.807, 2.05) is 0 Å². The molecule has 3 heteroatoms. The van der Waals surface area contributed by atoms with Gasteiger partial charge in [-0.25, -0.2) is 0 Å². The molecule has 1 unspecified atom stereocenters. The second-order valence-corrected chi connectivity index (χ2v) is 3.37. The van der Waals surface area contributed by atoms with E-state index in [0.29, 0.717) is 5.75 Å². The first-order valence-corrected chi connectivity index (χ1v) is 4.23. The molecule has 0 aromatic rings. The summed E-state index contributed by atoms with van der Waals surface area (Å²) in [6.45, 7) is 0. The molecule has 0 N–H and O–H groups in total. The van der Waals surface area contributed by atoms with Crippen LogP contribution in [-0.2, 0) is 4.79 Å². The van der Waals surface area contributed by atoms with E-state index in [1.165, 1.54) is 0 Å². The van der Waals surface area contributed by atoms with Crippen molar-refractivity contribution < 1.29 is 9.18 Å².